The van der Waals surface area contributed by atoms with E-state index in [4.69, 9.17) is 32.0 Å². The van der Waals surface area contributed by atoms with Crippen molar-refractivity contribution in [3.63, 3.8) is 0 Å². The molecule has 0 bridgehead atoms. The van der Waals surface area contributed by atoms with Crippen LogP contribution in [0.3, 0.4) is 0 Å². The van der Waals surface area contributed by atoms with E-state index < -0.39 is 0 Å². The molecule has 0 unspecified atom stereocenters. The first kappa shape index (κ1) is 75.4. The summed E-state index contributed by atoms with van der Waals surface area (Å²) in [5.41, 5.74) is 35.2. The van der Waals surface area contributed by atoms with Crippen molar-refractivity contribution < 1.29 is 8.83 Å². The Morgan fingerprint density at radius 3 is 1.27 bits per heavy atom. The molecule has 6 nitrogen and oxygen atoms in total. The summed E-state index contributed by atoms with van der Waals surface area (Å²) in [5, 5.41) is 5.67. The number of halogens is 2. The molecule has 9 heteroatoms. The third kappa shape index (κ3) is 13.2. The Kier molecular flexibility index (Phi) is 18.4. The van der Waals surface area contributed by atoms with Crippen molar-refractivity contribution in [3.05, 3.63) is 390 Å². The highest BCUT2D eigenvalue weighted by atomic mass is 35.5. The molecule has 22 rings (SSSR count). The summed E-state index contributed by atoms with van der Waals surface area (Å²) in [7, 11) is 0. The van der Waals surface area contributed by atoms with Crippen LogP contribution < -0.4 is 36.0 Å². The highest BCUT2D eigenvalue weighted by Crippen LogP contribution is 2.56. The SMILES string of the molecule is CC1(C)CCC(C)(C)c2cc(N(c3cc(Cl)cc(N(c4cccc(-c5ccccc5)c4)c4cccc(-c5ccccc5)c4)c3)c3cccc4oc5ccccc5c34)ccc21.CC1(C)CCC(C)(C)c2cc3c(cc21)B1c2ccc(-c4ccccc4)cc2N(c2cccc(-c4ccccc4)c2)c2cc(Cl)cc(c21)N3c1cccc2oc3ccccc3c12. The number of benzene rings is 16. The molecule has 121 heavy (non-hydrogen) atoms. The Bertz CT molecular complexity index is 7030. The highest BCUT2D eigenvalue weighted by Gasteiger charge is 2.48. The zero-order chi connectivity index (χ0) is 82.2. The second-order valence-electron chi connectivity index (χ2n) is 35.9. The zero-order valence-electron chi connectivity index (χ0n) is 69.3. The normalized spacial score (nSPS) is 14.9. The maximum atomic E-state index is 7.46. The third-order valence-corrected chi connectivity index (χ3v) is 26.9. The summed E-state index contributed by atoms with van der Waals surface area (Å²) in [6.07, 6.45) is 4.55. The van der Waals surface area contributed by atoms with E-state index in [-0.39, 0.29) is 28.4 Å². The van der Waals surface area contributed by atoms with Gasteiger partial charge in [-0.05, 0) is 258 Å². The fraction of sp³-hybridized carbons (Fsp3) is 0.143. The topological polar surface area (TPSA) is 39.2 Å². The lowest BCUT2D eigenvalue weighted by Crippen LogP contribution is -2.61. The average molecular weight is 1610 g/mol. The average Bonchev–Trinajstić information content (AvgIpc) is 1.00. The zero-order valence-corrected chi connectivity index (χ0v) is 70.8. The van der Waals surface area contributed by atoms with Crippen LogP contribution in [-0.4, -0.2) is 6.71 Å². The van der Waals surface area contributed by atoms with E-state index in [1.165, 1.54) is 66.6 Å². The third-order valence-electron chi connectivity index (χ3n) is 26.5. The molecule has 4 aliphatic rings. The second kappa shape index (κ2) is 29.4. The lowest BCUT2D eigenvalue weighted by molar-refractivity contribution is 0.332. The summed E-state index contributed by atoms with van der Waals surface area (Å²) >= 11 is 14.8. The molecular weight excluding hydrogens is 1510 g/mol. The maximum absolute atomic E-state index is 7.46. The fourth-order valence-corrected chi connectivity index (χ4v) is 20.5. The van der Waals surface area contributed by atoms with E-state index in [0.717, 1.165) is 154 Å². The Morgan fingerprint density at radius 1 is 0.273 bits per heavy atom. The highest BCUT2D eigenvalue weighted by molar-refractivity contribution is 7.00. The van der Waals surface area contributed by atoms with Gasteiger partial charge in [-0.1, -0.05) is 309 Å². The Balaban J connectivity index is 0.000000149. The van der Waals surface area contributed by atoms with Crippen LogP contribution in [0.2, 0.25) is 10.0 Å². The lowest BCUT2D eigenvalue weighted by Gasteiger charge is -2.47. The molecule has 0 saturated heterocycles. The van der Waals surface area contributed by atoms with Crippen molar-refractivity contribution >= 4 is 158 Å². The molecule has 588 valence electrons. The first-order valence-electron chi connectivity index (χ1n) is 42.4. The van der Waals surface area contributed by atoms with Crippen LogP contribution >= 0.6 is 23.2 Å². The number of hydrogen-bond acceptors (Lipinski definition) is 6. The quantitative estimate of drug-likeness (QED) is 0.114. The van der Waals surface area contributed by atoms with Crippen molar-refractivity contribution in [2.75, 3.05) is 19.6 Å². The van der Waals surface area contributed by atoms with Crippen LogP contribution in [0.25, 0.3) is 88.4 Å². The molecule has 0 atom stereocenters. The van der Waals surface area contributed by atoms with E-state index >= 15 is 0 Å². The van der Waals surface area contributed by atoms with E-state index in [2.05, 4.69) is 427 Å². The Hall–Kier alpha value is -13.0. The Morgan fingerprint density at radius 2 is 0.694 bits per heavy atom. The molecule has 0 N–H and O–H groups in total. The van der Waals surface area contributed by atoms with Crippen LogP contribution in [-0.2, 0) is 21.7 Å². The number of hydrogen-bond donors (Lipinski definition) is 0. The van der Waals surface area contributed by atoms with Crippen molar-refractivity contribution in [2.45, 2.75) is 103 Å². The minimum atomic E-state index is -0.0478. The first-order chi connectivity index (χ1) is 58.8. The van der Waals surface area contributed by atoms with Gasteiger partial charge in [-0.2, -0.15) is 0 Å². The van der Waals surface area contributed by atoms with Gasteiger partial charge in [0.2, 0.25) is 0 Å². The van der Waals surface area contributed by atoms with Gasteiger partial charge in [0.05, 0.1) is 22.1 Å². The number of anilines is 12. The lowest BCUT2D eigenvalue weighted by atomic mass is 9.33. The van der Waals surface area contributed by atoms with Crippen LogP contribution in [0.1, 0.15) is 103 Å². The summed E-state index contributed by atoms with van der Waals surface area (Å²) in [4.78, 5) is 9.70. The number of rotatable bonds is 12. The summed E-state index contributed by atoms with van der Waals surface area (Å²) in [5.74, 6) is 0. The second-order valence-corrected chi connectivity index (χ2v) is 36.8. The van der Waals surface area contributed by atoms with Gasteiger partial charge in [0.15, 0.2) is 0 Å². The predicted molar refractivity (Wildman–Crippen MR) is 513 cm³/mol. The number of fused-ring (bicyclic) bond motifs is 12. The van der Waals surface area contributed by atoms with Crippen molar-refractivity contribution in [3.8, 4) is 44.5 Å². The monoisotopic (exact) mass is 1600 g/mol. The molecule has 16 aromatic carbocycles. The van der Waals surface area contributed by atoms with Crippen molar-refractivity contribution in [1.29, 1.82) is 0 Å². The van der Waals surface area contributed by atoms with Gasteiger partial charge in [0.25, 0.3) is 6.71 Å². The van der Waals surface area contributed by atoms with E-state index in [9.17, 15) is 0 Å². The van der Waals surface area contributed by atoms with Crippen LogP contribution in [0, 0.1) is 0 Å². The molecule has 0 amide bonds. The van der Waals surface area contributed by atoms with Crippen molar-refractivity contribution in [1.82, 2.24) is 0 Å². The van der Waals surface area contributed by atoms with E-state index in [1.54, 1.807) is 0 Å². The standard InChI is InChI=1S/C56H44BClN2O.C56H47ClN2O/c1-55(2)27-28-56(3,4)43-34-48-45(33-42(43)55)57-44-26-25-38(36-17-9-6-10-18-36)30-47(44)59(40-20-13-19-37(29-40)35-15-7-5-8-16-35)49-31-39(58)32-50(54(49)57)60(48)46-22-14-24-52-53(46)41-21-11-12-23-51(41)61-52;1-55(2)30-31-56(3,4)50-37-45(28-29-49(50)55)59(51-25-15-27-53-54(51)48-24-11-12-26-52(48)60-53)47-35-42(57)34-46(36-47)58(43-22-13-20-40(32-43)38-16-7-5-8-17-38)44-23-14-21-41(33-44)39-18-9-6-10-19-39/h5-26,29-34H,27-28H2,1-4H3;5-29,32-37H,30-31H2,1-4H3. The summed E-state index contributed by atoms with van der Waals surface area (Å²) < 4.78 is 13.1. The molecule has 2 aliphatic heterocycles. The van der Waals surface area contributed by atoms with E-state index in [0.29, 0.717) is 10.0 Å². The molecule has 0 saturated carbocycles. The van der Waals surface area contributed by atoms with Crippen LogP contribution in [0.5, 0.6) is 0 Å². The van der Waals surface area contributed by atoms with E-state index in [1.807, 2.05) is 6.07 Å². The van der Waals surface area contributed by atoms with Gasteiger partial charge >= 0.3 is 0 Å². The van der Waals surface area contributed by atoms with Gasteiger partial charge in [0, 0.05) is 77.7 Å². The largest absolute Gasteiger partial charge is 0.456 e. The van der Waals surface area contributed by atoms with Crippen molar-refractivity contribution in [2.24, 2.45) is 0 Å². The minimum absolute atomic E-state index is 0.00922. The van der Waals surface area contributed by atoms with Gasteiger partial charge in [0.1, 0.15) is 22.3 Å². The summed E-state index contributed by atoms with van der Waals surface area (Å²) in [6, 6.07) is 129. The maximum Gasteiger partial charge on any atom is 0.252 e. The van der Waals surface area contributed by atoms with Gasteiger partial charge in [-0.25, -0.2) is 0 Å². The summed E-state index contributed by atoms with van der Waals surface area (Å²) in [6.45, 7) is 19.2. The number of nitrogens with zero attached hydrogens (tertiary/aromatic N) is 4. The first-order valence-corrected chi connectivity index (χ1v) is 43.2. The van der Waals surface area contributed by atoms with Gasteiger partial charge < -0.3 is 28.4 Å². The predicted octanol–water partition coefficient (Wildman–Crippen LogP) is 30.9. The van der Waals surface area contributed by atoms with Gasteiger partial charge in [-0.3, -0.25) is 0 Å². The smallest absolute Gasteiger partial charge is 0.252 e. The molecule has 0 spiro atoms. The molecule has 2 aromatic heterocycles. The van der Waals surface area contributed by atoms with Gasteiger partial charge in [-0.15, -0.1) is 0 Å². The molecule has 4 heterocycles. The molecule has 18 aromatic rings. The Labute approximate surface area is 719 Å². The minimum Gasteiger partial charge on any atom is -0.456 e. The number of furan rings is 2. The van der Waals surface area contributed by atoms with Crippen LogP contribution in [0.15, 0.2) is 367 Å². The van der Waals surface area contributed by atoms with Crippen LogP contribution in [0.4, 0.5) is 68.2 Å². The fourth-order valence-electron chi connectivity index (χ4n) is 20.0. The molecule has 2 aliphatic carbocycles. The molecular formula is C112H91BCl2N4O2. The molecule has 0 fully saturated rings. The molecule has 0 radical (unpaired) electrons. The number of para-hydroxylation sites is 2.